The van der Waals surface area contributed by atoms with Crippen molar-refractivity contribution in [2.45, 2.75) is 6.42 Å². The number of ether oxygens (including phenoxy) is 1. The van der Waals surface area contributed by atoms with Crippen LogP contribution in [0.25, 0.3) is 0 Å². The van der Waals surface area contributed by atoms with Crippen molar-refractivity contribution < 1.29 is 14.3 Å². The van der Waals surface area contributed by atoms with Crippen molar-refractivity contribution in [2.75, 3.05) is 46.8 Å². The van der Waals surface area contributed by atoms with Gasteiger partial charge < -0.3 is 14.5 Å². The second-order valence-electron chi connectivity index (χ2n) is 6.98. The van der Waals surface area contributed by atoms with Gasteiger partial charge in [-0.3, -0.25) is 14.5 Å². The zero-order chi connectivity index (χ0) is 19.9. The molecule has 2 amide bonds. The molecular formula is C21H26N4O3. The number of pyridine rings is 1. The van der Waals surface area contributed by atoms with Crippen molar-refractivity contribution in [3.8, 4) is 11.6 Å². The zero-order valence-corrected chi connectivity index (χ0v) is 16.4. The van der Waals surface area contributed by atoms with Crippen LogP contribution in [0.5, 0.6) is 11.6 Å². The molecule has 0 saturated carbocycles. The van der Waals surface area contributed by atoms with Gasteiger partial charge in [-0.05, 0) is 30.7 Å². The van der Waals surface area contributed by atoms with E-state index in [-0.39, 0.29) is 11.8 Å². The second kappa shape index (κ2) is 9.32. The van der Waals surface area contributed by atoms with E-state index >= 15 is 0 Å². The highest BCUT2D eigenvalue weighted by atomic mass is 16.5. The number of rotatable bonds is 5. The maximum Gasteiger partial charge on any atom is 0.259 e. The van der Waals surface area contributed by atoms with Gasteiger partial charge in [0.25, 0.3) is 5.91 Å². The van der Waals surface area contributed by atoms with Gasteiger partial charge in [0.05, 0.1) is 6.54 Å². The fraction of sp³-hybridized carbons (Fsp3) is 0.381. The number of likely N-dealkylation sites (N-methyl/N-ethyl adjacent to an activating group) is 1. The van der Waals surface area contributed by atoms with Gasteiger partial charge in [-0.25, -0.2) is 4.98 Å². The molecule has 0 unspecified atom stereocenters. The zero-order valence-electron chi connectivity index (χ0n) is 16.4. The smallest absolute Gasteiger partial charge is 0.259 e. The lowest BCUT2D eigenvalue weighted by Crippen LogP contribution is -2.39. The molecule has 1 aromatic heterocycles. The quantitative estimate of drug-likeness (QED) is 0.792. The molecule has 0 aliphatic carbocycles. The number of hydrogen-bond donors (Lipinski definition) is 0. The van der Waals surface area contributed by atoms with Crippen molar-refractivity contribution in [3.63, 3.8) is 0 Å². The lowest BCUT2D eigenvalue weighted by Gasteiger charge is -2.23. The molecule has 0 atom stereocenters. The van der Waals surface area contributed by atoms with Gasteiger partial charge in [0.15, 0.2) is 0 Å². The summed E-state index contributed by atoms with van der Waals surface area (Å²) in [4.78, 5) is 34.8. The molecule has 0 bridgehead atoms. The molecule has 7 nitrogen and oxygen atoms in total. The fourth-order valence-corrected chi connectivity index (χ4v) is 3.07. The van der Waals surface area contributed by atoms with Crippen LogP contribution >= 0.6 is 0 Å². The van der Waals surface area contributed by atoms with Crippen LogP contribution in [0.4, 0.5) is 0 Å². The average Bonchev–Trinajstić information content (AvgIpc) is 2.94. The predicted octanol–water partition coefficient (Wildman–Crippen LogP) is 2.11. The molecule has 0 spiro atoms. The van der Waals surface area contributed by atoms with Crippen LogP contribution in [0.3, 0.4) is 0 Å². The highest BCUT2D eigenvalue weighted by molar-refractivity contribution is 5.96. The van der Waals surface area contributed by atoms with Gasteiger partial charge in [-0.2, -0.15) is 0 Å². The topological polar surface area (TPSA) is 66.0 Å². The summed E-state index contributed by atoms with van der Waals surface area (Å²) in [6.45, 7) is 3.05. The molecule has 1 aromatic carbocycles. The van der Waals surface area contributed by atoms with Gasteiger partial charge in [0.2, 0.25) is 11.8 Å². The molecule has 2 heterocycles. The van der Waals surface area contributed by atoms with Gasteiger partial charge in [0, 0.05) is 46.5 Å². The van der Waals surface area contributed by atoms with E-state index in [4.69, 9.17) is 4.74 Å². The highest BCUT2D eigenvalue weighted by Gasteiger charge is 2.24. The van der Waals surface area contributed by atoms with Gasteiger partial charge >= 0.3 is 0 Å². The Morgan fingerprint density at radius 1 is 1.04 bits per heavy atom. The summed E-state index contributed by atoms with van der Waals surface area (Å²) in [7, 11) is 3.51. The van der Waals surface area contributed by atoms with E-state index in [0.717, 1.165) is 13.0 Å². The molecule has 148 valence electrons. The summed E-state index contributed by atoms with van der Waals surface area (Å²) >= 11 is 0. The summed E-state index contributed by atoms with van der Waals surface area (Å²) < 4.78 is 5.83. The SMILES string of the molecule is CN(C)C(=O)CN1CCCN(C(=O)c2cccnc2Oc2ccccc2)CC1. The molecule has 1 aliphatic rings. The minimum absolute atomic E-state index is 0.0746. The van der Waals surface area contributed by atoms with Crippen LogP contribution in [0.15, 0.2) is 48.7 Å². The number of nitrogens with zero attached hydrogens (tertiary/aromatic N) is 4. The standard InChI is InChI=1S/C21H26N4O3/c1-23(2)19(26)16-24-12-7-13-25(15-14-24)21(27)18-10-6-11-22-20(18)28-17-8-4-3-5-9-17/h3-6,8-11H,7,12-16H2,1-2H3. The maximum absolute atomic E-state index is 13.1. The number of aromatic nitrogens is 1. The third-order valence-electron chi connectivity index (χ3n) is 4.69. The van der Waals surface area contributed by atoms with Crippen LogP contribution in [0, 0.1) is 0 Å². The van der Waals surface area contributed by atoms with Crippen LogP contribution in [0.1, 0.15) is 16.8 Å². The first-order valence-electron chi connectivity index (χ1n) is 9.44. The molecule has 1 saturated heterocycles. The number of hydrogen-bond acceptors (Lipinski definition) is 5. The fourth-order valence-electron chi connectivity index (χ4n) is 3.07. The Hall–Kier alpha value is -2.93. The van der Waals surface area contributed by atoms with Crippen LogP contribution in [0.2, 0.25) is 0 Å². The molecule has 1 fully saturated rings. The number of benzene rings is 1. The minimum atomic E-state index is -0.0974. The van der Waals surface area contributed by atoms with Crippen molar-refractivity contribution >= 4 is 11.8 Å². The lowest BCUT2D eigenvalue weighted by atomic mass is 10.2. The molecule has 28 heavy (non-hydrogen) atoms. The van der Waals surface area contributed by atoms with Crippen molar-refractivity contribution in [1.82, 2.24) is 19.7 Å². The third kappa shape index (κ3) is 5.07. The highest BCUT2D eigenvalue weighted by Crippen LogP contribution is 2.24. The van der Waals surface area contributed by atoms with Crippen LogP contribution in [-0.2, 0) is 4.79 Å². The number of para-hydroxylation sites is 1. The maximum atomic E-state index is 13.1. The monoisotopic (exact) mass is 382 g/mol. The van der Waals surface area contributed by atoms with Crippen molar-refractivity contribution in [1.29, 1.82) is 0 Å². The Bertz CT molecular complexity index is 810. The minimum Gasteiger partial charge on any atom is -0.438 e. The van der Waals surface area contributed by atoms with E-state index < -0.39 is 0 Å². The first-order valence-corrected chi connectivity index (χ1v) is 9.44. The number of carbonyl (C=O) groups excluding carboxylic acids is 2. The number of amides is 2. The van der Waals surface area contributed by atoms with E-state index in [1.807, 2.05) is 35.2 Å². The second-order valence-corrected chi connectivity index (χ2v) is 6.98. The summed E-state index contributed by atoms with van der Waals surface area (Å²) in [6, 6.07) is 12.8. The summed E-state index contributed by atoms with van der Waals surface area (Å²) in [5, 5.41) is 0. The molecule has 2 aromatic rings. The van der Waals surface area contributed by atoms with Crippen molar-refractivity contribution in [3.05, 3.63) is 54.2 Å². The van der Waals surface area contributed by atoms with E-state index in [1.165, 1.54) is 0 Å². The Kier molecular flexibility index (Phi) is 6.60. The molecule has 3 rings (SSSR count). The molecular weight excluding hydrogens is 356 g/mol. The van der Waals surface area contributed by atoms with Gasteiger partial charge in [0.1, 0.15) is 11.3 Å². The van der Waals surface area contributed by atoms with E-state index in [2.05, 4.69) is 9.88 Å². The third-order valence-corrected chi connectivity index (χ3v) is 4.69. The Balaban J connectivity index is 1.68. The van der Waals surface area contributed by atoms with Crippen molar-refractivity contribution in [2.24, 2.45) is 0 Å². The molecule has 1 aliphatic heterocycles. The predicted molar refractivity (Wildman–Crippen MR) is 106 cm³/mol. The number of carbonyl (C=O) groups is 2. The molecule has 0 radical (unpaired) electrons. The summed E-state index contributed by atoms with van der Waals surface area (Å²) in [5.74, 6) is 0.924. The lowest BCUT2D eigenvalue weighted by molar-refractivity contribution is -0.129. The summed E-state index contributed by atoms with van der Waals surface area (Å²) in [6.07, 6.45) is 2.44. The first kappa shape index (κ1) is 19.8. The van der Waals surface area contributed by atoms with E-state index in [0.29, 0.717) is 43.4 Å². The van der Waals surface area contributed by atoms with E-state index in [9.17, 15) is 9.59 Å². The van der Waals surface area contributed by atoms with Crippen LogP contribution < -0.4 is 4.74 Å². The van der Waals surface area contributed by atoms with Gasteiger partial charge in [-0.15, -0.1) is 0 Å². The Labute approximate surface area is 165 Å². The largest absolute Gasteiger partial charge is 0.438 e. The first-order chi connectivity index (χ1) is 13.5. The van der Waals surface area contributed by atoms with E-state index in [1.54, 1.807) is 37.3 Å². The Morgan fingerprint density at radius 2 is 1.82 bits per heavy atom. The van der Waals surface area contributed by atoms with Crippen LogP contribution in [-0.4, -0.2) is 78.3 Å². The summed E-state index contributed by atoms with van der Waals surface area (Å²) in [5.41, 5.74) is 0.448. The normalized spacial score (nSPS) is 15.0. The Morgan fingerprint density at radius 3 is 2.57 bits per heavy atom. The average molecular weight is 382 g/mol. The van der Waals surface area contributed by atoms with Gasteiger partial charge in [-0.1, -0.05) is 18.2 Å². The molecule has 0 N–H and O–H groups in total. The molecule has 7 heteroatoms.